The fourth-order valence-corrected chi connectivity index (χ4v) is 2.67. The van der Waals surface area contributed by atoms with E-state index < -0.39 is 0 Å². The summed E-state index contributed by atoms with van der Waals surface area (Å²) in [5, 5.41) is 10.4. The summed E-state index contributed by atoms with van der Waals surface area (Å²) in [7, 11) is 0. The molecule has 0 aliphatic carbocycles. The van der Waals surface area contributed by atoms with Crippen molar-refractivity contribution < 1.29 is 4.79 Å². The second-order valence-electron chi connectivity index (χ2n) is 4.60. The lowest BCUT2D eigenvalue weighted by Crippen LogP contribution is -2.61. The summed E-state index contributed by atoms with van der Waals surface area (Å²) in [5.41, 5.74) is 1.20. The smallest absolute Gasteiger partial charge is 0.255 e. The minimum atomic E-state index is -0.306. The maximum atomic E-state index is 12.1. The van der Waals surface area contributed by atoms with Gasteiger partial charge in [-0.15, -0.1) is 24.8 Å². The zero-order chi connectivity index (χ0) is 11.9. The molecule has 3 N–H and O–H groups in total. The van der Waals surface area contributed by atoms with Crippen LogP contribution in [-0.2, 0) is 0 Å². The topological polar surface area (TPSA) is 53.2 Å². The van der Waals surface area contributed by atoms with Crippen molar-refractivity contribution in [1.82, 2.24) is 10.6 Å². The second-order valence-corrected chi connectivity index (χ2v) is 5.04. The molecule has 1 fully saturated rings. The molecule has 7 heteroatoms. The number of carbonyl (C=O) groups excluding carboxylic acids is 1. The van der Waals surface area contributed by atoms with Crippen LogP contribution in [0.25, 0.3) is 0 Å². The number of benzene rings is 1. The lowest BCUT2D eigenvalue weighted by Gasteiger charge is -2.43. The molecule has 0 saturated carbocycles. The first-order valence-electron chi connectivity index (χ1n) is 5.80. The minimum Gasteiger partial charge on any atom is -0.362 e. The van der Waals surface area contributed by atoms with Crippen LogP contribution < -0.4 is 16.0 Å². The highest BCUT2D eigenvalue weighted by atomic mass is 35.5. The van der Waals surface area contributed by atoms with Crippen LogP contribution in [0, 0.1) is 0 Å². The van der Waals surface area contributed by atoms with Crippen LogP contribution in [0.4, 0.5) is 5.69 Å². The first-order valence-corrected chi connectivity index (χ1v) is 6.17. The molecule has 1 saturated heterocycles. The number of piperidine rings is 1. The number of hydrogen-bond acceptors (Lipinski definition) is 3. The Morgan fingerprint density at radius 2 is 1.79 bits per heavy atom. The Morgan fingerprint density at radius 1 is 1.11 bits per heavy atom. The second kappa shape index (κ2) is 6.18. The molecule has 106 valence electrons. The standard InChI is InChI=1S/C12H14ClN3O.2ClH/c13-8-1-2-9-10(7-8)15-12(16-11(9)17)3-5-14-6-4-12;;/h1-2,7,14-15H,3-6H2,(H,16,17);2*1H. The Morgan fingerprint density at radius 3 is 2.47 bits per heavy atom. The molecule has 2 aliphatic rings. The first kappa shape index (κ1) is 16.4. The molecule has 0 bridgehead atoms. The number of anilines is 1. The molecule has 0 radical (unpaired) electrons. The third kappa shape index (κ3) is 3.08. The van der Waals surface area contributed by atoms with Crippen molar-refractivity contribution in [3.8, 4) is 0 Å². The van der Waals surface area contributed by atoms with Gasteiger partial charge in [-0.1, -0.05) is 11.6 Å². The molecule has 2 heterocycles. The summed E-state index contributed by atoms with van der Waals surface area (Å²) in [6.45, 7) is 1.81. The Balaban J connectivity index is 0.000000902. The first-order chi connectivity index (χ1) is 8.19. The van der Waals surface area contributed by atoms with E-state index in [1.807, 2.05) is 6.07 Å². The maximum Gasteiger partial charge on any atom is 0.255 e. The van der Waals surface area contributed by atoms with Gasteiger partial charge in [0, 0.05) is 17.9 Å². The van der Waals surface area contributed by atoms with Gasteiger partial charge in [0.25, 0.3) is 5.91 Å². The monoisotopic (exact) mass is 323 g/mol. The predicted molar refractivity (Wildman–Crippen MR) is 81.9 cm³/mol. The summed E-state index contributed by atoms with van der Waals surface area (Å²) < 4.78 is 0. The van der Waals surface area contributed by atoms with Crippen molar-refractivity contribution in [1.29, 1.82) is 0 Å². The Bertz CT molecular complexity index is 475. The van der Waals surface area contributed by atoms with Crippen molar-refractivity contribution in [2.24, 2.45) is 0 Å². The van der Waals surface area contributed by atoms with Crippen LogP contribution in [-0.4, -0.2) is 24.7 Å². The molecule has 4 nitrogen and oxygen atoms in total. The van der Waals surface area contributed by atoms with Crippen molar-refractivity contribution in [2.75, 3.05) is 18.4 Å². The quantitative estimate of drug-likeness (QED) is 0.687. The van der Waals surface area contributed by atoms with Crippen LogP contribution in [0.5, 0.6) is 0 Å². The number of amides is 1. The predicted octanol–water partition coefficient (Wildman–Crippen LogP) is 2.42. The van der Waals surface area contributed by atoms with Crippen LogP contribution in [0.2, 0.25) is 5.02 Å². The summed E-state index contributed by atoms with van der Waals surface area (Å²) in [5.74, 6) is -0.0164. The highest BCUT2D eigenvalue weighted by Gasteiger charge is 2.38. The number of fused-ring (bicyclic) bond motifs is 1. The number of carbonyl (C=O) groups is 1. The van der Waals surface area contributed by atoms with E-state index in [9.17, 15) is 4.79 Å². The molecule has 1 amide bonds. The molecule has 0 atom stereocenters. The van der Waals surface area contributed by atoms with Crippen molar-refractivity contribution in [3.05, 3.63) is 28.8 Å². The van der Waals surface area contributed by atoms with E-state index in [1.54, 1.807) is 12.1 Å². The lowest BCUT2D eigenvalue weighted by atomic mass is 9.93. The van der Waals surface area contributed by atoms with E-state index in [0.717, 1.165) is 31.6 Å². The zero-order valence-corrected chi connectivity index (χ0v) is 12.6. The van der Waals surface area contributed by atoms with Gasteiger partial charge in [-0.25, -0.2) is 0 Å². The largest absolute Gasteiger partial charge is 0.362 e. The highest BCUT2D eigenvalue weighted by molar-refractivity contribution is 6.31. The number of hydrogen-bond donors (Lipinski definition) is 3. The van der Waals surface area contributed by atoms with E-state index in [0.29, 0.717) is 10.6 Å². The molecular formula is C12H16Cl3N3O. The van der Waals surface area contributed by atoms with Gasteiger partial charge in [0.15, 0.2) is 0 Å². The normalized spacial score (nSPS) is 19.3. The number of halogens is 3. The van der Waals surface area contributed by atoms with E-state index in [2.05, 4.69) is 16.0 Å². The fraction of sp³-hybridized carbons (Fsp3) is 0.417. The van der Waals surface area contributed by atoms with Gasteiger partial charge in [-0.2, -0.15) is 0 Å². The number of nitrogens with one attached hydrogen (secondary N) is 3. The van der Waals surface area contributed by atoms with Crippen LogP contribution in [0.3, 0.4) is 0 Å². The van der Waals surface area contributed by atoms with Crippen LogP contribution in [0.15, 0.2) is 18.2 Å². The Kier molecular flexibility index (Phi) is 5.33. The van der Waals surface area contributed by atoms with Gasteiger partial charge in [0.05, 0.1) is 11.3 Å². The van der Waals surface area contributed by atoms with Gasteiger partial charge in [0.1, 0.15) is 5.66 Å². The molecule has 1 spiro atoms. The highest BCUT2D eigenvalue weighted by Crippen LogP contribution is 2.31. The average Bonchev–Trinajstić information content (AvgIpc) is 2.29. The fourth-order valence-electron chi connectivity index (χ4n) is 2.50. The van der Waals surface area contributed by atoms with Gasteiger partial charge in [-0.3, -0.25) is 4.79 Å². The molecule has 0 unspecified atom stereocenters. The van der Waals surface area contributed by atoms with Crippen molar-refractivity contribution >= 4 is 48.0 Å². The van der Waals surface area contributed by atoms with E-state index in [4.69, 9.17) is 11.6 Å². The van der Waals surface area contributed by atoms with Gasteiger partial charge in [-0.05, 0) is 31.3 Å². The lowest BCUT2D eigenvalue weighted by molar-refractivity contribution is 0.0881. The average molecular weight is 325 g/mol. The van der Waals surface area contributed by atoms with Crippen LogP contribution in [0.1, 0.15) is 23.2 Å². The molecule has 2 aliphatic heterocycles. The third-order valence-corrected chi connectivity index (χ3v) is 3.65. The van der Waals surface area contributed by atoms with E-state index in [1.165, 1.54) is 0 Å². The summed E-state index contributed by atoms with van der Waals surface area (Å²) in [6.07, 6.45) is 1.76. The minimum absolute atomic E-state index is 0. The van der Waals surface area contributed by atoms with Crippen molar-refractivity contribution in [2.45, 2.75) is 18.5 Å². The SMILES string of the molecule is Cl.Cl.O=C1NC2(CCNCC2)Nc2cc(Cl)ccc21. The maximum absolute atomic E-state index is 12.1. The molecule has 1 aromatic carbocycles. The summed E-state index contributed by atoms with van der Waals surface area (Å²) in [4.78, 5) is 12.1. The molecule has 3 rings (SSSR count). The molecule has 1 aromatic rings. The molecule has 19 heavy (non-hydrogen) atoms. The summed E-state index contributed by atoms with van der Waals surface area (Å²) >= 11 is 5.97. The van der Waals surface area contributed by atoms with Gasteiger partial charge < -0.3 is 16.0 Å². The molecule has 0 aromatic heterocycles. The third-order valence-electron chi connectivity index (χ3n) is 3.41. The van der Waals surface area contributed by atoms with Crippen LogP contribution >= 0.6 is 36.4 Å². The van der Waals surface area contributed by atoms with E-state index in [-0.39, 0.29) is 36.4 Å². The van der Waals surface area contributed by atoms with Gasteiger partial charge >= 0.3 is 0 Å². The van der Waals surface area contributed by atoms with Gasteiger partial charge in [0.2, 0.25) is 0 Å². The zero-order valence-electron chi connectivity index (χ0n) is 10.2. The van der Waals surface area contributed by atoms with E-state index >= 15 is 0 Å². The molecular weight excluding hydrogens is 309 g/mol. The summed E-state index contributed by atoms with van der Waals surface area (Å²) in [6, 6.07) is 5.31. The Labute approximate surface area is 129 Å². The Hall–Kier alpha value is -0.680. The number of rotatable bonds is 0. The van der Waals surface area contributed by atoms with Crippen molar-refractivity contribution in [3.63, 3.8) is 0 Å².